The van der Waals surface area contributed by atoms with E-state index in [1.807, 2.05) is 24.3 Å². The van der Waals surface area contributed by atoms with Crippen LogP contribution in [-0.2, 0) is 0 Å². The molecule has 6 heteroatoms. The summed E-state index contributed by atoms with van der Waals surface area (Å²) >= 11 is 0. The first-order chi connectivity index (χ1) is 12.1. The smallest absolute Gasteiger partial charge is 0.322 e. The molecule has 0 heterocycles. The number of nitriles is 1. The normalized spacial score (nSPS) is 14.4. The van der Waals surface area contributed by atoms with Gasteiger partial charge in [0.1, 0.15) is 11.9 Å². The van der Waals surface area contributed by atoms with Crippen molar-refractivity contribution in [2.24, 2.45) is 0 Å². The van der Waals surface area contributed by atoms with Crippen LogP contribution in [0, 0.1) is 17.1 Å². The number of halogens is 1. The number of carbonyl (C=O) groups excluding carboxylic acids is 1. The Labute approximate surface area is 145 Å². The molecule has 0 saturated heterocycles. The molecule has 2 N–H and O–H groups in total. The summed E-state index contributed by atoms with van der Waals surface area (Å²) in [6, 6.07) is 14.3. The van der Waals surface area contributed by atoms with Gasteiger partial charge in [-0.25, -0.2) is 9.18 Å². The van der Waals surface area contributed by atoms with E-state index in [1.165, 1.54) is 12.1 Å². The third-order valence-corrected chi connectivity index (χ3v) is 4.15. The maximum absolute atomic E-state index is 13.2. The predicted octanol–water partition coefficient (Wildman–Crippen LogP) is 3.43. The summed E-state index contributed by atoms with van der Waals surface area (Å²) in [5, 5.41) is 22.1. The molecule has 1 unspecified atom stereocenters. The van der Waals surface area contributed by atoms with E-state index in [1.54, 1.807) is 17.0 Å². The lowest BCUT2D eigenvalue weighted by Crippen LogP contribution is -2.39. The zero-order valence-electron chi connectivity index (χ0n) is 13.5. The van der Waals surface area contributed by atoms with Crippen LogP contribution in [0.2, 0.25) is 0 Å². The number of hydrogen-bond donors (Lipinski definition) is 2. The van der Waals surface area contributed by atoms with Gasteiger partial charge in [-0.2, -0.15) is 5.26 Å². The molecule has 0 aliphatic heterocycles. The van der Waals surface area contributed by atoms with E-state index >= 15 is 0 Å². The van der Waals surface area contributed by atoms with E-state index in [0.717, 1.165) is 24.5 Å². The van der Waals surface area contributed by atoms with Crippen LogP contribution in [0.4, 0.5) is 14.9 Å². The molecule has 1 saturated carbocycles. The molecule has 25 heavy (non-hydrogen) atoms. The average Bonchev–Trinajstić information content (AvgIpc) is 3.46. The number of nitrogens with zero attached hydrogens (tertiary/aromatic N) is 2. The van der Waals surface area contributed by atoms with Gasteiger partial charge in [0.05, 0.1) is 23.9 Å². The van der Waals surface area contributed by atoms with Crippen molar-refractivity contribution in [1.29, 1.82) is 5.26 Å². The molecule has 1 fully saturated rings. The number of urea groups is 1. The molecule has 5 nitrogen and oxygen atoms in total. The Morgan fingerprint density at radius 3 is 2.68 bits per heavy atom. The third-order valence-electron chi connectivity index (χ3n) is 4.15. The van der Waals surface area contributed by atoms with Gasteiger partial charge in [-0.3, -0.25) is 0 Å². The second-order valence-corrected chi connectivity index (χ2v) is 6.04. The van der Waals surface area contributed by atoms with Crippen molar-refractivity contribution < 1.29 is 14.3 Å². The van der Waals surface area contributed by atoms with Crippen LogP contribution in [0.5, 0.6) is 0 Å². The Kier molecular flexibility index (Phi) is 4.96. The van der Waals surface area contributed by atoms with Gasteiger partial charge in [-0.05, 0) is 36.6 Å². The van der Waals surface area contributed by atoms with Gasteiger partial charge in [-0.1, -0.05) is 30.3 Å². The molecule has 1 aliphatic carbocycles. The SMILES string of the molecule is N#Cc1cc(F)ccc1NC(=O)N(CC(O)c1ccccc1)C1CC1. The number of benzene rings is 2. The first-order valence-corrected chi connectivity index (χ1v) is 8.09. The number of amides is 2. The zero-order valence-corrected chi connectivity index (χ0v) is 13.5. The van der Waals surface area contributed by atoms with Crippen LogP contribution >= 0.6 is 0 Å². The fourth-order valence-corrected chi connectivity index (χ4v) is 2.66. The number of aliphatic hydroxyl groups excluding tert-OH is 1. The predicted molar refractivity (Wildman–Crippen MR) is 91.3 cm³/mol. The van der Waals surface area contributed by atoms with E-state index in [2.05, 4.69) is 5.32 Å². The first-order valence-electron chi connectivity index (χ1n) is 8.09. The number of anilines is 1. The highest BCUT2D eigenvalue weighted by Gasteiger charge is 2.34. The van der Waals surface area contributed by atoms with E-state index in [-0.39, 0.29) is 23.8 Å². The monoisotopic (exact) mass is 339 g/mol. The molecule has 0 aromatic heterocycles. The van der Waals surface area contributed by atoms with Crippen molar-refractivity contribution in [2.75, 3.05) is 11.9 Å². The van der Waals surface area contributed by atoms with Gasteiger partial charge >= 0.3 is 6.03 Å². The van der Waals surface area contributed by atoms with Crippen LogP contribution in [0.25, 0.3) is 0 Å². The first kappa shape index (κ1) is 16.9. The van der Waals surface area contributed by atoms with Crippen LogP contribution in [0.3, 0.4) is 0 Å². The molecule has 2 amide bonds. The molecule has 0 bridgehead atoms. The van der Waals surface area contributed by atoms with Crippen LogP contribution < -0.4 is 5.32 Å². The molecule has 3 rings (SSSR count). The van der Waals surface area contributed by atoms with Gasteiger partial charge in [0.25, 0.3) is 0 Å². The Balaban J connectivity index is 1.73. The van der Waals surface area contributed by atoms with Crippen LogP contribution in [-0.4, -0.2) is 28.6 Å². The lowest BCUT2D eigenvalue weighted by molar-refractivity contribution is 0.123. The number of aliphatic hydroxyl groups is 1. The summed E-state index contributed by atoms with van der Waals surface area (Å²) in [4.78, 5) is 14.2. The van der Waals surface area contributed by atoms with Gasteiger partial charge in [0.15, 0.2) is 0 Å². The van der Waals surface area contributed by atoms with Gasteiger partial charge in [0.2, 0.25) is 0 Å². The fraction of sp³-hybridized carbons (Fsp3) is 0.263. The lowest BCUT2D eigenvalue weighted by atomic mass is 10.1. The lowest BCUT2D eigenvalue weighted by Gasteiger charge is -2.26. The summed E-state index contributed by atoms with van der Waals surface area (Å²) in [7, 11) is 0. The van der Waals surface area contributed by atoms with Gasteiger partial charge in [-0.15, -0.1) is 0 Å². The fourth-order valence-electron chi connectivity index (χ4n) is 2.66. The second-order valence-electron chi connectivity index (χ2n) is 6.04. The Morgan fingerprint density at radius 2 is 2.04 bits per heavy atom. The van der Waals surface area contributed by atoms with Crippen molar-refractivity contribution in [1.82, 2.24) is 4.90 Å². The quantitative estimate of drug-likeness (QED) is 0.876. The zero-order chi connectivity index (χ0) is 17.8. The number of carbonyl (C=O) groups is 1. The maximum Gasteiger partial charge on any atom is 0.322 e. The number of nitrogens with one attached hydrogen (secondary N) is 1. The van der Waals surface area contributed by atoms with Crippen molar-refractivity contribution >= 4 is 11.7 Å². The summed E-state index contributed by atoms with van der Waals surface area (Å²) in [6.45, 7) is 0.156. The maximum atomic E-state index is 13.2. The second kappa shape index (κ2) is 7.32. The largest absolute Gasteiger partial charge is 0.387 e. The molecule has 2 aromatic rings. The van der Waals surface area contributed by atoms with Crippen molar-refractivity contribution in [3.63, 3.8) is 0 Å². The van der Waals surface area contributed by atoms with Crippen molar-refractivity contribution in [2.45, 2.75) is 25.0 Å². The Hall–Kier alpha value is -2.91. The van der Waals surface area contributed by atoms with Gasteiger partial charge < -0.3 is 15.3 Å². The van der Waals surface area contributed by atoms with E-state index in [0.29, 0.717) is 0 Å². The average molecular weight is 339 g/mol. The standard InChI is InChI=1S/C19H18FN3O2/c20-15-6-9-17(14(10-15)11-21)22-19(25)23(16-7-8-16)12-18(24)13-4-2-1-3-5-13/h1-6,9-10,16,18,24H,7-8,12H2,(H,22,25). The summed E-state index contributed by atoms with van der Waals surface area (Å²) in [6.07, 6.45) is 0.962. The van der Waals surface area contributed by atoms with E-state index in [9.17, 15) is 14.3 Å². The van der Waals surface area contributed by atoms with E-state index < -0.39 is 18.0 Å². The minimum absolute atomic E-state index is 0.0627. The number of hydrogen-bond acceptors (Lipinski definition) is 3. The van der Waals surface area contributed by atoms with Crippen molar-refractivity contribution in [3.8, 4) is 6.07 Å². The Bertz CT molecular complexity index is 800. The third kappa shape index (κ3) is 4.14. The molecule has 1 atom stereocenters. The van der Waals surface area contributed by atoms with Crippen molar-refractivity contribution in [3.05, 3.63) is 65.5 Å². The van der Waals surface area contributed by atoms with E-state index in [4.69, 9.17) is 5.26 Å². The molecular weight excluding hydrogens is 321 g/mol. The topological polar surface area (TPSA) is 76.4 Å². The Morgan fingerprint density at radius 1 is 1.32 bits per heavy atom. The molecule has 128 valence electrons. The molecule has 0 spiro atoms. The number of rotatable bonds is 5. The summed E-state index contributed by atoms with van der Waals surface area (Å²) in [5.74, 6) is -0.534. The minimum atomic E-state index is -0.795. The highest BCUT2D eigenvalue weighted by atomic mass is 19.1. The van der Waals surface area contributed by atoms with Gasteiger partial charge in [0, 0.05) is 6.04 Å². The summed E-state index contributed by atoms with van der Waals surface area (Å²) < 4.78 is 13.2. The summed E-state index contributed by atoms with van der Waals surface area (Å²) in [5.41, 5.74) is 1.06. The highest BCUT2D eigenvalue weighted by molar-refractivity contribution is 5.91. The van der Waals surface area contributed by atoms with Crippen LogP contribution in [0.15, 0.2) is 48.5 Å². The molecular formula is C19H18FN3O2. The molecule has 0 radical (unpaired) electrons. The molecule has 2 aromatic carbocycles. The van der Waals surface area contributed by atoms with Crippen LogP contribution in [0.1, 0.15) is 30.1 Å². The molecule has 1 aliphatic rings. The highest BCUT2D eigenvalue weighted by Crippen LogP contribution is 2.30. The minimum Gasteiger partial charge on any atom is -0.387 e.